The molecule has 0 fully saturated rings. The standard InChI is InChI=1S/C17H14ClNO2/c1-3-9-21-17-15(18)10-13(11-16(17)20-2)12-19-14-7-5-4-6-8-14/h1,4-8,10-12H,9H2,2H3. The summed E-state index contributed by atoms with van der Waals surface area (Å²) in [7, 11) is 1.55. The monoisotopic (exact) mass is 299 g/mol. The first-order valence-electron chi connectivity index (χ1n) is 6.27. The molecule has 2 aromatic rings. The molecule has 0 saturated carbocycles. The lowest BCUT2D eigenvalue weighted by Crippen LogP contribution is -1.98. The lowest BCUT2D eigenvalue weighted by atomic mass is 10.2. The van der Waals surface area contributed by atoms with Crippen LogP contribution >= 0.6 is 11.6 Å². The molecule has 0 unspecified atom stereocenters. The van der Waals surface area contributed by atoms with Crippen LogP contribution in [0, 0.1) is 12.3 Å². The van der Waals surface area contributed by atoms with Gasteiger partial charge in [-0.15, -0.1) is 6.42 Å². The Bertz CT molecular complexity index is 675. The maximum Gasteiger partial charge on any atom is 0.181 e. The van der Waals surface area contributed by atoms with E-state index in [1.807, 2.05) is 30.3 Å². The van der Waals surface area contributed by atoms with E-state index in [2.05, 4.69) is 10.9 Å². The van der Waals surface area contributed by atoms with Crippen molar-refractivity contribution in [2.75, 3.05) is 13.7 Å². The Morgan fingerprint density at radius 3 is 2.71 bits per heavy atom. The third-order valence-corrected chi connectivity index (χ3v) is 2.95. The molecule has 2 aromatic carbocycles. The molecule has 0 atom stereocenters. The maximum atomic E-state index is 6.20. The van der Waals surface area contributed by atoms with Crippen molar-refractivity contribution < 1.29 is 9.47 Å². The predicted octanol–water partition coefficient (Wildman–Crippen LogP) is 4.11. The molecule has 4 heteroatoms. The Labute approximate surface area is 129 Å². The summed E-state index contributed by atoms with van der Waals surface area (Å²) in [5.41, 5.74) is 1.68. The lowest BCUT2D eigenvalue weighted by molar-refractivity contribution is 0.331. The average molecular weight is 300 g/mol. The molecule has 0 heterocycles. The van der Waals surface area contributed by atoms with Crippen molar-refractivity contribution in [3.8, 4) is 23.8 Å². The molecule has 0 saturated heterocycles. The van der Waals surface area contributed by atoms with Crippen molar-refractivity contribution in [2.24, 2.45) is 4.99 Å². The first-order valence-corrected chi connectivity index (χ1v) is 6.65. The number of hydrogen-bond acceptors (Lipinski definition) is 3. The fourth-order valence-corrected chi connectivity index (χ4v) is 2.01. The number of benzene rings is 2. The zero-order valence-electron chi connectivity index (χ0n) is 11.5. The normalized spacial score (nSPS) is 10.3. The molecule has 0 aromatic heterocycles. The third kappa shape index (κ3) is 4.01. The second kappa shape index (κ2) is 7.37. The van der Waals surface area contributed by atoms with E-state index in [0.29, 0.717) is 16.5 Å². The molecule has 0 aliphatic rings. The molecule has 0 amide bonds. The van der Waals surface area contributed by atoms with Gasteiger partial charge < -0.3 is 9.47 Å². The van der Waals surface area contributed by atoms with Crippen LogP contribution in [-0.4, -0.2) is 19.9 Å². The average Bonchev–Trinajstić information content (AvgIpc) is 2.52. The Kier molecular flexibility index (Phi) is 5.25. The van der Waals surface area contributed by atoms with Gasteiger partial charge in [0.1, 0.15) is 6.61 Å². The van der Waals surface area contributed by atoms with Crippen molar-refractivity contribution in [1.29, 1.82) is 0 Å². The molecule has 0 radical (unpaired) electrons. The lowest BCUT2D eigenvalue weighted by Gasteiger charge is -2.11. The van der Waals surface area contributed by atoms with Crippen LogP contribution in [0.2, 0.25) is 5.02 Å². The van der Waals surface area contributed by atoms with Crippen LogP contribution in [-0.2, 0) is 0 Å². The minimum atomic E-state index is 0.132. The first kappa shape index (κ1) is 15.0. The molecule has 21 heavy (non-hydrogen) atoms. The quantitative estimate of drug-likeness (QED) is 0.614. The van der Waals surface area contributed by atoms with Gasteiger partial charge in [0, 0.05) is 6.21 Å². The molecule has 0 spiro atoms. The number of ether oxygens (including phenoxy) is 2. The highest BCUT2D eigenvalue weighted by Crippen LogP contribution is 2.36. The number of methoxy groups -OCH3 is 1. The van der Waals surface area contributed by atoms with Gasteiger partial charge in [-0.05, 0) is 29.8 Å². The van der Waals surface area contributed by atoms with E-state index in [9.17, 15) is 0 Å². The van der Waals surface area contributed by atoms with E-state index < -0.39 is 0 Å². The van der Waals surface area contributed by atoms with Crippen LogP contribution in [0.1, 0.15) is 5.56 Å². The first-order chi connectivity index (χ1) is 10.2. The summed E-state index contributed by atoms with van der Waals surface area (Å²) >= 11 is 6.20. The van der Waals surface area contributed by atoms with Crippen molar-refractivity contribution in [1.82, 2.24) is 0 Å². The Morgan fingerprint density at radius 1 is 1.29 bits per heavy atom. The Balaban J connectivity index is 2.28. The van der Waals surface area contributed by atoms with Gasteiger partial charge in [-0.2, -0.15) is 0 Å². The second-order valence-corrected chi connectivity index (χ2v) is 4.53. The number of para-hydroxylation sites is 1. The molecular weight excluding hydrogens is 286 g/mol. The number of nitrogens with zero attached hydrogens (tertiary/aromatic N) is 1. The van der Waals surface area contributed by atoms with Crippen molar-refractivity contribution >= 4 is 23.5 Å². The number of halogens is 1. The van der Waals surface area contributed by atoms with Gasteiger partial charge in [-0.25, -0.2) is 0 Å². The molecule has 2 rings (SSSR count). The van der Waals surface area contributed by atoms with Gasteiger partial charge in [-0.1, -0.05) is 35.7 Å². The van der Waals surface area contributed by atoms with E-state index >= 15 is 0 Å². The summed E-state index contributed by atoms with van der Waals surface area (Å²) in [6.07, 6.45) is 6.90. The van der Waals surface area contributed by atoms with Crippen LogP contribution in [0.3, 0.4) is 0 Å². The zero-order chi connectivity index (χ0) is 15.1. The van der Waals surface area contributed by atoms with E-state index in [0.717, 1.165) is 11.3 Å². The van der Waals surface area contributed by atoms with Gasteiger partial charge in [0.05, 0.1) is 17.8 Å². The predicted molar refractivity (Wildman–Crippen MR) is 86.0 cm³/mol. The van der Waals surface area contributed by atoms with E-state index in [-0.39, 0.29) is 6.61 Å². The van der Waals surface area contributed by atoms with Gasteiger partial charge in [0.25, 0.3) is 0 Å². The van der Waals surface area contributed by atoms with Gasteiger partial charge in [0.15, 0.2) is 11.5 Å². The summed E-state index contributed by atoms with van der Waals surface area (Å²) in [5.74, 6) is 3.35. The van der Waals surface area contributed by atoms with Crippen molar-refractivity contribution in [2.45, 2.75) is 0 Å². The van der Waals surface area contributed by atoms with E-state index in [1.165, 1.54) is 0 Å². The highest BCUT2D eigenvalue weighted by atomic mass is 35.5. The topological polar surface area (TPSA) is 30.8 Å². The Hall–Kier alpha value is -2.44. The minimum absolute atomic E-state index is 0.132. The summed E-state index contributed by atoms with van der Waals surface area (Å²) in [6.45, 7) is 0.132. The van der Waals surface area contributed by atoms with Crippen LogP contribution in [0.25, 0.3) is 0 Å². The summed E-state index contributed by atoms with van der Waals surface area (Å²) < 4.78 is 10.7. The molecular formula is C17H14ClNO2. The molecule has 3 nitrogen and oxygen atoms in total. The summed E-state index contributed by atoms with van der Waals surface area (Å²) in [4.78, 5) is 4.37. The van der Waals surface area contributed by atoms with Gasteiger partial charge in [-0.3, -0.25) is 4.99 Å². The van der Waals surface area contributed by atoms with Crippen LogP contribution in [0.5, 0.6) is 11.5 Å². The number of rotatable bonds is 5. The smallest absolute Gasteiger partial charge is 0.181 e. The molecule has 0 bridgehead atoms. The number of aliphatic imine (C=N–C) groups is 1. The van der Waals surface area contributed by atoms with E-state index in [4.69, 9.17) is 27.5 Å². The fraction of sp³-hybridized carbons (Fsp3) is 0.118. The molecule has 0 aliphatic carbocycles. The minimum Gasteiger partial charge on any atom is -0.493 e. The summed E-state index contributed by atoms with van der Waals surface area (Å²) in [6, 6.07) is 13.2. The molecule has 0 aliphatic heterocycles. The number of terminal acetylenes is 1. The van der Waals surface area contributed by atoms with E-state index in [1.54, 1.807) is 25.5 Å². The number of hydrogen-bond donors (Lipinski definition) is 0. The largest absolute Gasteiger partial charge is 0.493 e. The fourth-order valence-electron chi connectivity index (χ4n) is 1.73. The van der Waals surface area contributed by atoms with Crippen molar-refractivity contribution in [3.63, 3.8) is 0 Å². The summed E-state index contributed by atoms with van der Waals surface area (Å²) in [5, 5.41) is 0.430. The highest BCUT2D eigenvalue weighted by molar-refractivity contribution is 6.32. The van der Waals surface area contributed by atoms with Gasteiger partial charge >= 0.3 is 0 Å². The van der Waals surface area contributed by atoms with Crippen molar-refractivity contribution in [3.05, 3.63) is 53.1 Å². The van der Waals surface area contributed by atoms with Gasteiger partial charge in [0.2, 0.25) is 0 Å². The SMILES string of the molecule is C#CCOc1c(Cl)cc(C=Nc2ccccc2)cc1OC. The molecule has 0 N–H and O–H groups in total. The Morgan fingerprint density at radius 2 is 2.05 bits per heavy atom. The highest BCUT2D eigenvalue weighted by Gasteiger charge is 2.11. The third-order valence-electron chi connectivity index (χ3n) is 2.67. The van der Waals surface area contributed by atoms with Crippen LogP contribution in [0.15, 0.2) is 47.5 Å². The maximum absolute atomic E-state index is 6.20. The zero-order valence-corrected chi connectivity index (χ0v) is 12.3. The second-order valence-electron chi connectivity index (χ2n) is 4.12. The van der Waals surface area contributed by atoms with Crippen LogP contribution < -0.4 is 9.47 Å². The molecule has 106 valence electrons. The van der Waals surface area contributed by atoms with Crippen LogP contribution in [0.4, 0.5) is 5.69 Å².